The Morgan fingerprint density at radius 3 is 2.44 bits per heavy atom. The molecule has 1 aliphatic heterocycles. The molecule has 34 heavy (non-hydrogen) atoms. The Balaban J connectivity index is 1.26. The van der Waals surface area contributed by atoms with Crippen LogP contribution in [0.2, 0.25) is 0 Å². The van der Waals surface area contributed by atoms with Gasteiger partial charge < -0.3 is 4.90 Å². The zero-order chi connectivity index (χ0) is 23.4. The third-order valence-electron chi connectivity index (χ3n) is 6.61. The van der Waals surface area contributed by atoms with E-state index < -0.39 is 11.7 Å². The van der Waals surface area contributed by atoms with Crippen LogP contribution >= 0.6 is 0 Å². The van der Waals surface area contributed by atoms with Gasteiger partial charge in [0, 0.05) is 43.2 Å². The fourth-order valence-electron chi connectivity index (χ4n) is 4.64. The van der Waals surface area contributed by atoms with Crippen LogP contribution < -0.4 is 5.56 Å². The van der Waals surface area contributed by atoms with Crippen LogP contribution in [0.25, 0.3) is 10.8 Å². The van der Waals surface area contributed by atoms with Gasteiger partial charge >= 0.3 is 0 Å². The maximum absolute atomic E-state index is 14.7. The van der Waals surface area contributed by atoms with Crippen molar-refractivity contribution in [3.63, 3.8) is 0 Å². The Hall–Kier alpha value is -4.07. The van der Waals surface area contributed by atoms with Crippen molar-refractivity contribution in [1.82, 2.24) is 19.7 Å². The first-order chi connectivity index (χ1) is 16.5. The average molecular weight is 456 g/mol. The number of nitrogens with one attached hydrogen (secondary N) is 1. The number of hydrogen-bond acceptors (Lipinski definition) is 4. The van der Waals surface area contributed by atoms with E-state index in [1.54, 1.807) is 30.6 Å². The van der Waals surface area contributed by atoms with Crippen LogP contribution in [-0.2, 0) is 24.3 Å². The molecule has 1 N–H and O–H groups in total. The van der Waals surface area contributed by atoms with E-state index in [0.29, 0.717) is 36.2 Å². The summed E-state index contributed by atoms with van der Waals surface area (Å²) in [7, 11) is 0. The molecule has 0 bridgehead atoms. The second-order valence-electron chi connectivity index (χ2n) is 9.03. The van der Waals surface area contributed by atoms with Gasteiger partial charge in [-0.05, 0) is 47.7 Å². The molecule has 1 amide bonds. The number of fused-ring (bicyclic) bond motifs is 2. The van der Waals surface area contributed by atoms with E-state index >= 15 is 0 Å². The summed E-state index contributed by atoms with van der Waals surface area (Å²) in [5.74, 6) is -0.736. The van der Waals surface area contributed by atoms with E-state index in [0.717, 1.165) is 29.4 Å². The van der Waals surface area contributed by atoms with Gasteiger partial charge in [0.1, 0.15) is 5.82 Å². The number of nitrogens with zero attached hydrogens (tertiary/aromatic N) is 3. The smallest absolute Gasteiger partial charge is 0.272 e. The van der Waals surface area contributed by atoms with E-state index in [1.807, 2.05) is 17.0 Å². The molecule has 3 heterocycles. The maximum atomic E-state index is 14.7. The van der Waals surface area contributed by atoms with Crippen LogP contribution in [0.3, 0.4) is 0 Å². The molecule has 8 heteroatoms. The van der Waals surface area contributed by atoms with E-state index in [-0.39, 0.29) is 22.9 Å². The zero-order valence-electron chi connectivity index (χ0n) is 18.3. The second-order valence-corrected chi connectivity index (χ2v) is 9.03. The second kappa shape index (κ2) is 7.76. The van der Waals surface area contributed by atoms with Crippen LogP contribution in [0.5, 0.6) is 0 Å². The average Bonchev–Trinajstić information content (AvgIpc) is 3.50. The van der Waals surface area contributed by atoms with Crippen molar-refractivity contribution in [1.29, 1.82) is 0 Å². The molecule has 170 valence electrons. The van der Waals surface area contributed by atoms with Crippen molar-refractivity contribution in [2.75, 3.05) is 0 Å². The topological polar surface area (TPSA) is 88.1 Å². The normalized spacial score (nSPS) is 15.0. The highest BCUT2D eigenvalue weighted by atomic mass is 19.1. The van der Waals surface area contributed by atoms with E-state index in [9.17, 15) is 18.8 Å². The lowest BCUT2D eigenvalue weighted by molar-refractivity contribution is -0.133. The number of amides is 1. The summed E-state index contributed by atoms with van der Waals surface area (Å²) in [5, 5.41) is 7.93. The summed E-state index contributed by atoms with van der Waals surface area (Å²) < 4.78 is 16.1. The number of rotatable bonds is 4. The minimum absolute atomic E-state index is 0.0363. The number of hydrogen-bond donors (Lipinski definition) is 1. The monoisotopic (exact) mass is 456 g/mol. The van der Waals surface area contributed by atoms with Gasteiger partial charge in [0.25, 0.3) is 11.5 Å². The number of aromatic amines is 1. The molecule has 0 saturated heterocycles. The molecule has 2 aliphatic rings. The van der Waals surface area contributed by atoms with Gasteiger partial charge in [0.2, 0.25) is 5.91 Å². The van der Waals surface area contributed by atoms with Crippen LogP contribution in [0.4, 0.5) is 4.39 Å². The summed E-state index contributed by atoms with van der Waals surface area (Å²) in [5.41, 5.74) is 2.87. The van der Waals surface area contributed by atoms with Gasteiger partial charge in [0.05, 0.1) is 16.6 Å². The quantitative estimate of drug-likeness (QED) is 0.510. The lowest BCUT2D eigenvalue weighted by Crippen LogP contribution is -2.27. The number of carbonyl (C=O) groups is 2. The summed E-state index contributed by atoms with van der Waals surface area (Å²) >= 11 is 0. The summed E-state index contributed by atoms with van der Waals surface area (Å²) in [6.45, 7) is 0.969. The molecule has 1 aliphatic carbocycles. The molecule has 0 radical (unpaired) electrons. The molecule has 0 atom stereocenters. The molecule has 7 nitrogen and oxygen atoms in total. The van der Waals surface area contributed by atoms with Crippen molar-refractivity contribution >= 4 is 22.6 Å². The number of benzene rings is 2. The molecule has 1 fully saturated rings. The Morgan fingerprint density at radius 2 is 1.74 bits per heavy atom. The predicted octanol–water partition coefficient (Wildman–Crippen LogP) is 3.40. The Labute approximate surface area is 193 Å². The van der Waals surface area contributed by atoms with E-state index in [1.165, 1.54) is 16.7 Å². The van der Waals surface area contributed by atoms with Crippen LogP contribution in [0.1, 0.15) is 45.6 Å². The highest BCUT2D eigenvalue weighted by Gasteiger charge is 2.36. The van der Waals surface area contributed by atoms with Crippen LogP contribution in [0.15, 0.2) is 59.7 Å². The van der Waals surface area contributed by atoms with E-state index in [4.69, 9.17) is 0 Å². The van der Waals surface area contributed by atoms with Gasteiger partial charge in [-0.3, -0.25) is 19.0 Å². The van der Waals surface area contributed by atoms with E-state index in [2.05, 4.69) is 10.2 Å². The minimum atomic E-state index is -0.604. The maximum Gasteiger partial charge on any atom is 0.272 e. The molecule has 1 saturated carbocycles. The highest BCUT2D eigenvalue weighted by molar-refractivity contribution is 5.96. The molecular formula is C26H21FN4O3. The number of H-pyrrole nitrogens is 1. The molecule has 6 rings (SSSR count). The van der Waals surface area contributed by atoms with Gasteiger partial charge in [-0.1, -0.05) is 24.3 Å². The molecular weight excluding hydrogens is 435 g/mol. The van der Waals surface area contributed by atoms with Crippen molar-refractivity contribution in [2.24, 2.45) is 5.92 Å². The lowest BCUT2D eigenvalue weighted by Gasteiger charge is -2.15. The Kier molecular flexibility index (Phi) is 4.69. The van der Waals surface area contributed by atoms with Crippen LogP contribution in [0, 0.1) is 11.7 Å². The van der Waals surface area contributed by atoms with Gasteiger partial charge in [-0.15, -0.1) is 0 Å². The number of halogens is 1. The van der Waals surface area contributed by atoms with Crippen molar-refractivity contribution < 1.29 is 14.0 Å². The van der Waals surface area contributed by atoms with Crippen molar-refractivity contribution in [2.45, 2.75) is 32.4 Å². The summed E-state index contributed by atoms with van der Waals surface area (Å²) in [6, 6.07) is 11.6. The first-order valence-electron chi connectivity index (χ1n) is 11.3. The molecule has 2 aromatic heterocycles. The Bertz CT molecular complexity index is 1510. The zero-order valence-corrected chi connectivity index (χ0v) is 18.3. The molecule has 0 spiro atoms. The van der Waals surface area contributed by atoms with Crippen molar-refractivity contribution in [3.8, 4) is 0 Å². The fraction of sp³-hybridized carbons (Fsp3) is 0.231. The van der Waals surface area contributed by atoms with Gasteiger partial charge in [0.15, 0.2) is 0 Å². The number of carbonyl (C=O) groups excluding carboxylic acids is 2. The first-order valence-corrected chi connectivity index (χ1v) is 11.3. The Morgan fingerprint density at radius 1 is 1.03 bits per heavy atom. The van der Waals surface area contributed by atoms with Crippen LogP contribution in [-0.4, -0.2) is 31.5 Å². The third kappa shape index (κ3) is 3.51. The molecule has 0 unspecified atom stereocenters. The summed E-state index contributed by atoms with van der Waals surface area (Å²) in [4.78, 5) is 39.3. The van der Waals surface area contributed by atoms with Gasteiger partial charge in [-0.2, -0.15) is 5.10 Å². The number of aromatic nitrogens is 3. The minimum Gasteiger partial charge on any atom is -0.334 e. The first kappa shape index (κ1) is 20.5. The fourth-order valence-corrected chi connectivity index (χ4v) is 4.64. The standard InChI is InChI=1S/C26H21FN4O3/c27-22-8-5-15(10-23-19-3-1-2-4-20(19)24(32)29-28-23)9-21(22)26(34)31-13-17-11-30(12-18(17)14-31)25(33)16-6-7-16/h1-5,8-9,13-14,16H,6-7,10-12H2,(H,29,32). The lowest BCUT2D eigenvalue weighted by atomic mass is 10.0. The van der Waals surface area contributed by atoms with Gasteiger partial charge in [-0.25, -0.2) is 9.49 Å². The predicted molar refractivity (Wildman–Crippen MR) is 123 cm³/mol. The largest absolute Gasteiger partial charge is 0.334 e. The SMILES string of the molecule is O=C(C1CC1)N1Cc2cn(C(=O)c3cc(Cc4n[nH]c(=O)c5ccccc45)ccc3F)cc2C1. The molecule has 4 aromatic rings. The molecule has 2 aromatic carbocycles. The summed E-state index contributed by atoms with van der Waals surface area (Å²) in [6.07, 6.45) is 5.64. The highest BCUT2D eigenvalue weighted by Crippen LogP contribution is 2.34. The third-order valence-corrected chi connectivity index (χ3v) is 6.61. The van der Waals surface area contributed by atoms with Crippen molar-refractivity contribution in [3.05, 3.63) is 99.0 Å².